The van der Waals surface area contributed by atoms with E-state index in [2.05, 4.69) is 0 Å². The van der Waals surface area contributed by atoms with E-state index < -0.39 is 4.84 Å². The van der Waals surface area contributed by atoms with Crippen molar-refractivity contribution in [2.45, 2.75) is 29.5 Å². The SMILES string of the molecule is Cc1ccc(C(=O)N2CCSC23CCN(C(=O)C(Cl)Cl)CC3)cc1. The van der Waals surface area contributed by atoms with Crippen LogP contribution in [0.3, 0.4) is 0 Å². The van der Waals surface area contributed by atoms with Crippen molar-refractivity contribution in [3.63, 3.8) is 0 Å². The van der Waals surface area contributed by atoms with Crippen molar-refractivity contribution in [2.24, 2.45) is 0 Å². The molecule has 0 radical (unpaired) electrons. The second kappa shape index (κ2) is 7.14. The van der Waals surface area contributed by atoms with Crippen molar-refractivity contribution < 1.29 is 9.59 Å². The number of thioether (sulfide) groups is 1. The van der Waals surface area contributed by atoms with E-state index in [4.69, 9.17) is 23.2 Å². The maximum Gasteiger partial charge on any atom is 0.255 e. The Morgan fingerprint density at radius 3 is 2.33 bits per heavy atom. The average Bonchev–Trinajstić information content (AvgIpc) is 2.98. The minimum Gasteiger partial charge on any atom is -0.340 e. The van der Waals surface area contributed by atoms with Gasteiger partial charge >= 0.3 is 0 Å². The van der Waals surface area contributed by atoms with Gasteiger partial charge < -0.3 is 9.80 Å². The fourth-order valence-electron chi connectivity index (χ4n) is 3.38. The Kier molecular flexibility index (Phi) is 5.33. The van der Waals surface area contributed by atoms with E-state index in [0.29, 0.717) is 13.1 Å². The second-order valence-corrected chi connectivity index (χ2v) is 8.80. The smallest absolute Gasteiger partial charge is 0.255 e. The molecule has 0 bridgehead atoms. The maximum atomic E-state index is 12.9. The molecule has 7 heteroatoms. The van der Waals surface area contributed by atoms with Crippen LogP contribution in [0, 0.1) is 6.92 Å². The van der Waals surface area contributed by atoms with E-state index >= 15 is 0 Å². The van der Waals surface area contributed by atoms with Crippen LogP contribution in [-0.2, 0) is 4.79 Å². The molecule has 3 rings (SSSR count). The van der Waals surface area contributed by atoms with Gasteiger partial charge in [-0.25, -0.2) is 0 Å². The zero-order valence-corrected chi connectivity index (χ0v) is 15.8. The van der Waals surface area contributed by atoms with Crippen LogP contribution in [0.25, 0.3) is 0 Å². The molecule has 0 saturated carbocycles. The summed E-state index contributed by atoms with van der Waals surface area (Å²) in [7, 11) is 0. The van der Waals surface area contributed by atoms with Crippen molar-refractivity contribution in [2.75, 3.05) is 25.4 Å². The lowest BCUT2D eigenvalue weighted by molar-refractivity contribution is -0.130. The Balaban J connectivity index is 1.73. The first kappa shape index (κ1) is 17.9. The van der Waals surface area contributed by atoms with E-state index in [1.165, 1.54) is 0 Å². The van der Waals surface area contributed by atoms with Gasteiger partial charge in [-0.05, 0) is 31.9 Å². The fraction of sp³-hybridized carbons (Fsp3) is 0.529. The molecule has 2 aliphatic heterocycles. The third kappa shape index (κ3) is 3.39. The Labute approximate surface area is 156 Å². The minimum absolute atomic E-state index is 0.0762. The standard InChI is InChI=1S/C17H20Cl2N2O2S/c1-12-2-4-13(5-3-12)15(22)21-10-11-24-17(21)6-8-20(9-7-17)16(23)14(18)19/h2-5,14H,6-11H2,1H3. The molecule has 0 atom stereocenters. The van der Waals surface area contributed by atoms with Crippen LogP contribution < -0.4 is 0 Å². The number of halogens is 2. The zero-order chi connectivity index (χ0) is 17.3. The van der Waals surface area contributed by atoms with Crippen LogP contribution in [0.2, 0.25) is 0 Å². The van der Waals surface area contributed by atoms with Crippen LogP contribution in [-0.4, -0.2) is 56.7 Å². The van der Waals surface area contributed by atoms with E-state index in [1.54, 1.807) is 4.90 Å². The number of rotatable bonds is 2. The molecule has 1 spiro atoms. The van der Waals surface area contributed by atoms with E-state index in [-0.39, 0.29) is 16.7 Å². The van der Waals surface area contributed by atoms with E-state index in [9.17, 15) is 9.59 Å². The summed E-state index contributed by atoms with van der Waals surface area (Å²) in [5.74, 6) is 0.763. The topological polar surface area (TPSA) is 40.6 Å². The lowest BCUT2D eigenvalue weighted by atomic mass is 10.0. The summed E-state index contributed by atoms with van der Waals surface area (Å²) in [5.41, 5.74) is 1.86. The fourth-order valence-corrected chi connectivity index (χ4v) is 5.11. The first-order valence-corrected chi connectivity index (χ1v) is 9.88. The van der Waals surface area contributed by atoms with Crippen molar-refractivity contribution in [3.8, 4) is 0 Å². The first-order chi connectivity index (χ1) is 11.4. The average molecular weight is 387 g/mol. The van der Waals surface area contributed by atoms with Crippen LogP contribution in [0.1, 0.15) is 28.8 Å². The first-order valence-electron chi connectivity index (χ1n) is 8.02. The summed E-state index contributed by atoms with van der Waals surface area (Å²) in [5, 5.41) is 0. The molecule has 2 amide bonds. The molecular weight excluding hydrogens is 367 g/mol. The summed E-state index contributed by atoms with van der Waals surface area (Å²) >= 11 is 13.2. The third-order valence-electron chi connectivity index (χ3n) is 4.76. The molecule has 0 unspecified atom stereocenters. The van der Waals surface area contributed by atoms with Crippen LogP contribution in [0.5, 0.6) is 0 Å². The highest BCUT2D eigenvalue weighted by Gasteiger charge is 2.47. The molecule has 0 aromatic heterocycles. The number of nitrogens with zero attached hydrogens (tertiary/aromatic N) is 2. The molecule has 2 fully saturated rings. The normalized spacial score (nSPS) is 20.0. The predicted molar refractivity (Wildman–Crippen MR) is 98.7 cm³/mol. The predicted octanol–water partition coefficient (Wildman–Crippen LogP) is 3.31. The molecule has 2 saturated heterocycles. The van der Waals surface area contributed by atoms with Gasteiger partial charge in [0.05, 0.1) is 4.87 Å². The quantitative estimate of drug-likeness (QED) is 0.732. The molecule has 1 aromatic rings. The number of alkyl halides is 2. The van der Waals surface area contributed by atoms with Gasteiger partial charge in [-0.3, -0.25) is 9.59 Å². The molecule has 2 aliphatic rings. The summed E-state index contributed by atoms with van der Waals surface area (Å²) in [6.45, 7) is 3.92. The Hall–Kier alpha value is -0.910. The third-order valence-corrected chi connectivity index (χ3v) is 6.69. The summed E-state index contributed by atoms with van der Waals surface area (Å²) in [6.07, 6.45) is 1.50. The molecular formula is C17H20Cl2N2O2S. The van der Waals surface area contributed by atoms with Gasteiger partial charge in [-0.15, -0.1) is 11.8 Å². The molecule has 4 nitrogen and oxygen atoms in total. The lowest BCUT2D eigenvalue weighted by Crippen LogP contribution is -2.54. The van der Waals surface area contributed by atoms with E-state index in [1.807, 2.05) is 47.9 Å². The van der Waals surface area contributed by atoms with E-state index in [0.717, 1.165) is 36.3 Å². The number of likely N-dealkylation sites (tertiary alicyclic amines) is 1. The molecule has 1 aromatic carbocycles. The molecule has 2 heterocycles. The summed E-state index contributed by atoms with van der Waals surface area (Å²) in [6, 6.07) is 7.70. The van der Waals surface area contributed by atoms with Crippen molar-refractivity contribution in [1.29, 1.82) is 0 Å². The van der Waals surface area contributed by atoms with Gasteiger partial charge in [-0.1, -0.05) is 40.9 Å². The summed E-state index contributed by atoms with van der Waals surface area (Å²) < 4.78 is 0. The summed E-state index contributed by atoms with van der Waals surface area (Å²) in [4.78, 5) is 27.3. The number of hydrogen-bond acceptors (Lipinski definition) is 3. The molecule has 0 N–H and O–H groups in total. The monoisotopic (exact) mass is 386 g/mol. The molecule has 130 valence electrons. The van der Waals surface area contributed by atoms with Crippen LogP contribution in [0.4, 0.5) is 0 Å². The zero-order valence-electron chi connectivity index (χ0n) is 13.5. The number of carbonyl (C=O) groups excluding carboxylic acids is 2. The van der Waals surface area contributed by atoms with Crippen molar-refractivity contribution >= 4 is 46.8 Å². The van der Waals surface area contributed by atoms with Gasteiger partial charge in [0, 0.05) is 31.0 Å². The Morgan fingerprint density at radius 1 is 1.12 bits per heavy atom. The van der Waals surface area contributed by atoms with Crippen LogP contribution >= 0.6 is 35.0 Å². The second-order valence-electron chi connectivity index (χ2n) is 6.24. The minimum atomic E-state index is -1.01. The van der Waals surface area contributed by atoms with Gasteiger partial charge in [0.25, 0.3) is 11.8 Å². The lowest BCUT2D eigenvalue weighted by Gasteiger charge is -2.44. The van der Waals surface area contributed by atoms with Crippen LogP contribution in [0.15, 0.2) is 24.3 Å². The maximum absolute atomic E-state index is 12.9. The number of aryl methyl sites for hydroxylation is 1. The number of carbonyl (C=O) groups is 2. The number of hydrogen-bond donors (Lipinski definition) is 0. The number of piperidine rings is 1. The van der Waals surface area contributed by atoms with Crippen molar-refractivity contribution in [1.82, 2.24) is 9.80 Å². The largest absolute Gasteiger partial charge is 0.340 e. The number of benzene rings is 1. The Morgan fingerprint density at radius 2 is 1.75 bits per heavy atom. The van der Waals surface area contributed by atoms with Gasteiger partial charge in [0.2, 0.25) is 0 Å². The molecule has 24 heavy (non-hydrogen) atoms. The van der Waals surface area contributed by atoms with Gasteiger partial charge in [-0.2, -0.15) is 0 Å². The highest BCUT2D eigenvalue weighted by atomic mass is 35.5. The van der Waals surface area contributed by atoms with Crippen molar-refractivity contribution in [3.05, 3.63) is 35.4 Å². The van der Waals surface area contributed by atoms with Gasteiger partial charge in [0.1, 0.15) is 0 Å². The van der Waals surface area contributed by atoms with Gasteiger partial charge in [0.15, 0.2) is 4.84 Å². The highest BCUT2D eigenvalue weighted by Crippen LogP contribution is 2.44. The number of amides is 2. The molecule has 0 aliphatic carbocycles. The highest BCUT2D eigenvalue weighted by molar-refractivity contribution is 8.00. The Bertz CT molecular complexity index is 628.